The second-order valence-corrected chi connectivity index (χ2v) is 7.28. The van der Waals surface area contributed by atoms with Crippen molar-refractivity contribution in [1.82, 2.24) is 10.2 Å². The molecule has 144 valence electrons. The molecule has 1 aromatic carbocycles. The van der Waals surface area contributed by atoms with E-state index in [2.05, 4.69) is 22.0 Å². The molecule has 0 spiro atoms. The van der Waals surface area contributed by atoms with Crippen LogP contribution in [0.25, 0.3) is 5.57 Å². The quantitative estimate of drug-likeness (QED) is 0.465. The Bertz CT molecular complexity index is 991. The van der Waals surface area contributed by atoms with Gasteiger partial charge >= 0.3 is 6.03 Å². The van der Waals surface area contributed by atoms with Crippen LogP contribution in [-0.4, -0.2) is 28.4 Å². The summed E-state index contributed by atoms with van der Waals surface area (Å²) in [4.78, 5) is 18.4. The SMILES string of the molecule is C#CCSC1=NC2=C(c3cc(F)c(F)c(F)c3)C(C(C)C)=C=CCN2C(=O)N1. The Hall–Kier alpha value is -2.88. The number of urea groups is 1. The van der Waals surface area contributed by atoms with Crippen molar-refractivity contribution in [3.8, 4) is 12.3 Å². The highest BCUT2D eigenvalue weighted by atomic mass is 32.2. The molecule has 2 aliphatic heterocycles. The number of allylic oxidation sites excluding steroid dienone is 1. The number of aliphatic imine (C=N–C) groups is 1. The van der Waals surface area contributed by atoms with E-state index < -0.39 is 23.5 Å². The van der Waals surface area contributed by atoms with E-state index in [0.29, 0.717) is 11.1 Å². The van der Waals surface area contributed by atoms with Gasteiger partial charge in [0, 0.05) is 11.1 Å². The Morgan fingerprint density at radius 1 is 1.36 bits per heavy atom. The van der Waals surface area contributed by atoms with E-state index in [1.807, 2.05) is 13.8 Å². The number of halogens is 3. The summed E-state index contributed by atoms with van der Waals surface area (Å²) < 4.78 is 41.4. The zero-order chi connectivity index (χ0) is 20.4. The Morgan fingerprint density at radius 2 is 2.04 bits per heavy atom. The normalized spacial score (nSPS) is 16.3. The summed E-state index contributed by atoms with van der Waals surface area (Å²) in [7, 11) is 0. The number of amidine groups is 1. The number of carbonyl (C=O) groups excluding carboxylic acids is 1. The highest BCUT2D eigenvalue weighted by Crippen LogP contribution is 2.36. The van der Waals surface area contributed by atoms with Crippen LogP contribution in [0, 0.1) is 35.7 Å². The number of fused-ring (bicyclic) bond motifs is 1. The predicted octanol–water partition coefficient (Wildman–Crippen LogP) is 4.27. The number of hydrogen-bond acceptors (Lipinski definition) is 3. The van der Waals surface area contributed by atoms with Crippen LogP contribution in [0.2, 0.25) is 0 Å². The topological polar surface area (TPSA) is 44.7 Å². The molecular formula is C20H16F3N3OS. The molecule has 0 saturated carbocycles. The van der Waals surface area contributed by atoms with Crippen molar-refractivity contribution in [2.45, 2.75) is 13.8 Å². The predicted molar refractivity (Wildman–Crippen MR) is 104 cm³/mol. The van der Waals surface area contributed by atoms with Gasteiger partial charge in [-0.3, -0.25) is 10.2 Å². The monoisotopic (exact) mass is 403 g/mol. The smallest absolute Gasteiger partial charge is 0.286 e. The number of carbonyl (C=O) groups is 1. The van der Waals surface area contributed by atoms with Crippen molar-refractivity contribution in [1.29, 1.82) is 0 Å². The second kappa shape index (κ2) is 8.01. The van der Waals surface area contributed by atoms with Crippen LogP contribution in [0.4, 0.5) is 18.0 Å². The maximum atomic E-state index is 13.9. The molecule has 0 saturated heterocycles. The molecule has 0 radical (unpaired) electrons. The minimum atomic E-state index is -1.56. The van der Waals surface area contributed by atoms with Crippen molar-refractivity contribution in [2.24, 2.45) is 10.9 Å². The first kappa shape index (κ1) is 19.9. The standard InChI is InChI=1S/C20H16F3N3OS/c1-4-8-28-19-24-18-16(12-9-14(21)17(23)15(22)10-12)13(11(2)3)6-5-7-26(18)20(27)25-19/h1,5,9-11H,7-8H2,2-3H3,(H,24,25,27). The molecular weight excluding hydrogens is 387 g/mol. The molecule has 0 fully saturated rings. The first-order valence-electron chi connectivity index (χ1n) is 8.41. The Balaban J connectivity index is 2.31. The molecule has 0 aliphatic carbocycles. The van der Waals surface area contributed by atoms with Gasteiger partial charge in [0.15, 0.2) is 22.6 Å². The van der Waals surface area contributed by atoms with Crippen molar-refractivity contribution in [2.75, 3.05) is 12.3 Å². The van der Waals surface area contributed by atoms with Crippen LogP contribution in [0.1, 0.15) is 19.4 Å². The molecule has 0 aromatic heterocycles. The number of benzene rings is 1. The lowest BCUT2D eigenvalue weighted by Crippen LogP contribution is -2.45. The maximum absolute atomic E-state index is 13.9. The first-order valence-corrected chi connectivity index (χ1v) is 9.40. The van der Waals surface area contributed by atoms with Crippen LogP contribution >= 0.6 is 11.8 Å². The highest BCUT2D eigenvalue weighted by molar-refractivity contribution is 8.14. The largest absolute Gasteiger partial charge is 0.329 e. The number of thioether (sulfide) groups is 1. The molecule has 1 N–H and O–H groups in total. The molecule has 0 unspecified atom stereocenters. The molecule has 4 nitrogen and oxygen atoms in total. The molecule has 0 bridgehead atoms. The molecule has 0 atom stereocenters. The van der Waals surface area contributed by atoms with Gasteiger partial charge in [0.25, 0.3) is 0 Å². The van der Waals surface area contributed by atoms with E-state index in [1.54, 1.807) is 6.08 Å². The van der Waals surface area contributed by atoms with Gasteiger partial charge < -0.3 is 0 Å². The van der Waals surface area contributed by atoms with Crippen LogP contribution < -0.4 is 5.32 Å². The van der Waals surface area contributed by atoms with Gasteiger partial charge in [0.1, 0.15) is 5.82 Å². The lowest BCUT2D eigenvalue weighted by molar-refractivity contribution is 0.218. The number of nitrogens with zero attached hydrogens (tertiary/aromatic N) is 2. The molecule has 8 heteroatoms. The Morgan fingerprint density at radius 3 is 2.64 bits per heavy atom. The summed E-state index contributed by atoms with van der Waals surface area (Å²) in [6, 6.07) is 1.34. The zero-order valence-corrected chi connectivity index (χ0v) is 16.0. The number of hydrogen-bond donors (Lipinski definition) is 1. The van der Waals surface area contributed by atoms with Crippen LogP contribution in [0.15, 0.2) is 40.3 Å². The fraction of sp³-hybridized carbons (Fsp3) is 0.250. The number of rotatable bonds is 3. The number of terminal acetylenes is 1. The van der Waals surface area contributed by atoms with Gasteiger partial charge in [-0.15, -0.1) is 12.2 Å². The lowest BCUT2D eigenvalue weighted by Gasteiger charge is -2.29. The summed E-state index contributed by atoms with van der Waals surface area (Å²) in [6.45, 7) is 3.93. The van der Waals surface area contributed by atoms with Gasteiger partial charge in [0.05, 0.1) is 12.3 Å². The van der Waals surface area contributed by atoms with Crippen molar-refractivity contribution in [3.05, 3.63) is 58.3 Å². The first-order chi connectivity index (χ1) is 13.3. The van der Waals surface area contributed by atoms with Gasteiger partial charge in [-0.25, -0.2) is 23.0 Å². The third kappa shape index (κ3) is 3.72. The van der Waals surface area contributed by atoms with Gasteiger partial charge in [-0.1, -0.05) is 31.5 Å². The Kier molecular flexibility index (Phi) is 5.68. The second-order valence-electron chi connectivity index (χ2n) is 6.32. The van der Waals surface area contributed by atoms with Crippen LogP contribution in [0.5, 0.6) is 0 Å². The van der Waals surface area contributed by atoms with E-state index in [1.165, 1.54) is 4.90 Å². The van der Waals surface area contributed by atoms with Crippen LogP contribution in [0.3, 0.4) is 0 Å². The van der Waals surface area contributed by atoms with E-state index in [4.69, 9.17) is 6.42 Å². The third-order valence-electron chi connectivity index (χ3n) is 4.09. The Labute approximate surface area is 164 Å². The molecule has 3 rings (SSSR count). The number of nitrogens with one attached hydrogen (secondary N) is 1. The summed E-state index contributed by atoms with van der Waals surface area (Å²) in [6.07, 6.45) is 6.91. The minimum Gasteiger partial charge on any atom is -0.286 e. The van der Waals surface area contributed by atoms with Gasteiger partial charge in [0.2, 0.25) is 0 Å². The lowest BCUT2D eigenvalue weighted by atomic mass is 9.90. The molecule has 28 heavy (non-hydrogen) atoms. The summed E-state index contributed by atoms with van der Waals surface area (Å²) in [5, 5.41) is 2.91. The van der Waals surface area contributed by atoms with Gasteiger partial charge in [-0.2, -0.15) is 0 Å². The van der Waals surface area contributed by atoms with E-state index in [0.717, 1.165) is 23.9 Å². The van der Waals surface area contributed by atoms with Crippen molar-refractivity contribution >= 4 is 28.5 Å². The van der Waals surface area contributed by atoms with E-state index in [9.17, 15) is 18.0 Å². The summed E-state index contributed by atoms with van der Waals surface area (Å²) in [5.74, 6) is -1.37. The fourth-order valence-corrected chi connectivity index (χ4v) is 3.39. The third-order valence-corrected chi connectivity index (χ3v) is 4.87. The molecule has 2 amide bonds. The van der Waals surface area contributed by atoms with E-state index >= 15 is 0 Å². The molecule has 1 aromatic rings. The summed E-state index contributed by atoms with van der Waals surface area (Å²) in [5.41, 5.74) is 4.07. The maximum Gasteiger partial charge on any atom is 0.329 e. The highest BCUT2D eigenvalue weighted by Gasteiger charge is 2.31. The number of amides is 2. The minimum absolute atomic E-state index is 0.0719. The van der Waals surface area contributed by atoms with Crippen LogP contribution in [-0.2, 0) is 0 Å². The molecule has 2 heterocycles. The fourth-order valence-electron chi connectivity index (χ4n) is 2.86. The van der Waals surface area contributed by atoms with E-state index in [-0.39, 0.29) is 34.8 Å². The van der Waals surface area contributed by atoms with Crippen molar-refractivity contribution < 1.29 is 18.0 Å². The molecule has 2 aliphatic rings. The summed E-state index contributed by atoms with van der Waals surface area (Å²) >= 11 is 1.15. The average Bonchev–Trinajstić information content (AvgIpc) is 2.84. The average molecular weight is 403 g/mol. The zero-order valence-electron chi connectivity index (χ0n) is 15.1. The van der Waals surface area contributed by atoms with Gasteiger partial charge in [-0.05, 0) is 29.7 Å². The van der Waals surface area contributed by atoms with Crippen molar-refractivity contribution in [3.63, 3.8) is 0 Å².